The minimum absolute atomic E-state index is 0.0154. The summed E-state index contributed by atoms with van der Waals surface area (Å²) in [7, 11) is 0. The molecule has 0 aromatic carbocycles. The standard InChI is InChI=1S/C18H15ClF2N6O3.C10H6BrClF2N2O2.C8H10N4O.C6H4BrClN2O2.C4H4F2O/c19-9-3-10(24-11-4-12(23-7-22-11)25-14(28)8-1-2-8)16(30)27-13(9)15(29)26-18(27)5-17(20,21)6-18;11-4-1-5(12)6-7(17)15-10(16(6)8(4)18)2-9(13,14)3-10;9-6-3-7(11-4-10-6)12-8(13)5-1-2-5;7-2-1-3(8)4(5(9)11)10-6(2)12;5-4(6)1-3(7)2-4/h3-4,7-8H,1-2,5-6H2,(H,26,29)(H2,22,23,24,25,28);1H,2-3H2,(H,15,17);3-5H,1-2H2,(H3,9,10,11,12,13);1H,(H2,9,11)(H,10,12);1-2H2. The molecule has 34 heteroatoms. The lowest BCUT2D eigenvalue weighted by Gasteiger charge is -2.45. The molecule has 5 saturated carbocycles. The molecular weight excluding hydrogens is 1270 g/mol. The highest BCUT2D eigenvalue weighted by molar-refractivity contribution is 9.10. The number of alkyl halides is 6. The number of hydrogen-bond acceptors (Lipinski definition) is 15. The highest BCUT2D eigenvalue weighted by Crippen LogP contribution is 2.52. The first-order valence-corrected chi connectivity index (χ1v) is 26.1. The monoisotopic (exact) mass is 1310 g/mol. The van der Waals surface area contributed by atoms with Crippen LogP contribution in [-0.2, 0) is 25.7 Å². The molecular formula is C46H39Br2Cl3F6N14O9. The van der Waals surface area contributed by atoms with Gasteiger partial charge in [0.1, 0.15) is 75.8 Å². The van der Waals surface area contributed by atoms with Gasteiger partial charge < -0.3 is 43.0 Å². The molecule has 424 valence electrons. The van der Waals surface area contributed by atoms with E-state index >= 15 is 0 Å². The molecule has 7 aliphatic rings. The molecule has 2 spiro atoms. The second-order valence-corrected chi connectivity index (χ2v) is 22.1. The van der Waals surface area contributed by atoms with Crippen molar-refractivity contribution in [2.75, 3.05) is 21.7 Å². The molecule has 0 saturated heterocycles. The van der Waals surface area contributed by atoms with Gasteiger partial charge in [0.25, 0.3) is 52.2 Å². The molecule has 0 unspecified atom stereocenters. The van der Waals surface area contributed by atoms with Gasteiger partial charge in [0.2, 0.25) is 11.8 Å². The summed E-state index contributed by atoms with van der Waals surface area (Å²) in [5.74, 6) is -9.54. The molecule has 5 aliphatic carbocycles. The number of primary amides is 1. The maximum atomic E-state index is 13.6. The number of ketones is 1. The third-order valence-corrected chi connectivity index (χ3v) is 14.6. The van der Waals surface area contributed by atoms with E-state index in [-0.39, 0.29) is 87.9 Å². The summed E-state index contributed by atoms with van der Waals surface area (Å²) in [6.07, 6.45) is 2.52. The summed E-state index contributed by atoms with van der Waals surface area (Å²) in [5, 5.41) is 13.1. The quantitative estimate of drug-likeness (QED) is 0.0798. The first kappa shape index (κ1) is 59.2. The number of carbonyl (C=O) groups is 6. The number of nitrogens with one attached hydrogen (secondary N) is 6. The number of fused-ring (bicyclic) bond motifs is 4. The highest BCUT2D eigenvalue weighted by Gasteiger charge is 2.64. The van der Waals surface area contributed by atoms with Gasteiger partial charge in [-0.25, -0.2) is 46.3 Å². The van der Waals surface area contributed by atoms with Crippen LogP contribution in [0.15, 0.2) is 66.3 Å². The Morgan fingerprint density at radius 1 is 0.613 bits per heavy atom. The smallest absolute Gasteiger partial charge is 0.276 e. The average molecular weight is 1310 g/mol. The average Bonchev–Trinajstić information content (AvgIpc) is 4.32. The lowest BCUT2D eigenvalue weighted by Crippen LogP contribution is -2.61. The summed E-state index contributed by atoms with van der Waals surface area (Å²) in [5.41, 5.74) is 5.52. The SMILES string of the molecule is NC(=O)c1[nH]c(=O)c(Br)cc1Cl.Nc1cc(NC(=O)C2CC2)ncn1.O=C1CC(F)(F)C1.O=C1NC2(CC(F)(F)C2)n2c1c(Cl)cc(Br)c2=O.O=C1NC2(CC(F)(F)C2)n2c1c(Cl)cc(Nc1cc(NC(=O)C3CC3)ncn1)c2=O. The number of carbonyl (C=O) groups excluding carboxylic acids is 6. The van der Waals surface area contributed by atoms with E-state index in [2.05, 4.69) is 83.4 Å². The van der Waals surface area contributed by atoms with E-state index in [1.165, 1.54) is 36.9 Å². The summed E-state index contributed by atoms with van der Waals surface area (Å²) in [6, 6.07) is 6.84. The maximum absolute atomic E-state index is 13.6. The molecule has 5 fully saturated rings. The minimum atomic E-state index is -2.98. The van der Waals surface area contributed by atoms with Gasteiger partial charge in [-0.3, -0.25) is 52.3 Å². The Kier molecular flexibility index (Phi) is 16.4. The number of nitrogens with zero attached hydrogens (tertiary/aromatic N) is 6. The predicted octanol–water partition coefficient (Wildman–Crippen LogP) is 6.58. The van der Waals surface area contributed by atoms with Crippen LogP contribution in [-0.4, -0.2) is 87.1 Å². The Morgan fingerprint density at radius 2 is 1.06 bits per heavy atom. The molecule has 7 heterocycles. The van der Waals surface area contributed by atoms with Crippen LogP contribution < -0.4 is 54.7 Å². The van der Waals surface area contributed by atoms with Crippen molar-refractivity contribution in [3.05, 3.63) is 115 Å². The van der Waals surface area contributed by atoms with Gasteiger partial charge in [-0.05, 0) is 75.7 Å². The van der Waals surface area contributed by atoms with Crippen LogP contribution in [0.3, 0.4) is 0 Å². The van der Waals surface area contributed by atoms with E-state index in [1.807, 2.05) is 0 Å². The number of nitrogen functional groups attached to an aromatic ring is 1. The van der Waals surface area contributed by atoms with E-state index in [1.54, 1.807) is 6.07 Å². The van der Waals surface area contributed by atoms with Crippen LogP contribution in [0.1, 0.15) is 95.7 Å². The number of aromatic nitrogens is 7. The number of amides is 5. The Balaban J connectivity index is 0.000000143. The Bertz CT molecular complexity index is 3600. The van der Waals surface area contributed by atoms with Crippen molar-refractivity contribution in [3.63, 3.8) is 0 Å². The second-order valence-electron chi connectivity index (χ2n) is 19.2. The van der Waals surface area contributed by atoms with Crippen LogP contribution in [0.2, 0.25) is 15.1 Å². The number of aromatic amines is 1. The number of hydrogen-bond donors (Lipinski definition) is 8. The van der Waals surface area contributed by atoms with Crippen LogP contribution in [0, 0.1) is 11.8 Å². The molecule has 23 nitrogen and oxygen atoms in total. The minimum Gasteiger partial charge on any atom is -0.384 e. The van der Waals surface area contributed by atoms with Crippen LogP contribution >= 0.6 is 66.7 Å². The van der Waals surface area contributed by atoms with Crippen molar-refractivity contribution in [1.29, 1.82) is 0 Å². The second kappa shape index (κ2) is 22.2. The third-order valence-electron chi connectivity index (χ3n) is 12.6. The zero-order valence-electron chi connectivity index (χ0n) is 40.4. The van der Waals surface area contributed by atoms with E-state index in [0.29, 0.717) is 11.6 Å². The lowest BCUT2D eigenvalue weighted by atomic mass is 9.81. The maximum Gasteiger partial charge on any atom is 0.276 e. The molecule has 5 aromatic heterocycles. The molecule has 10 N–H and O–H groups in total. The van der Waals surface area contributed by atoms with Gasteiger partial charge in [0.05, 0.1) is 62.5 Å². The van der Waals surface area contributed by atoms with Crippen molar-refractivity contribution < 1.29 is 55.1 Å². The van der Waals surface area contributed by atoms with Gasteiger partial charge in [-0.1, -0.05) is 34.8 Å². The van der Waals surface area contributed by atoms with Gasteiger partial charge in [0, 0.05) is 24.0 Å². The largest absolute Gasteiger partial charge is 0.384 e. The first-order valence-electron chi connectivity index (χ1n) is 23.4. The van der Waals surface area contributed by atoms with E-state index in [4.69, 9.17) is 46.3 Å². The number of Topliss-reactive ketones (excluding diaryl/α,β-unsaturated/α-hetero) is 1. The fraction of sp³-hybridized carbons (Fsp3) is 0.370. The van der Waals surface area contributed by atoms with E-state index in [0.717, 1.165) is 34.8 Å². The number of anilines is 5. The fourth-order valence-electron chi connectivity index (χ4n) is 8.63. The van der Waals surface area contributed by atoms with Crippen LogP contribution in [0.4, 0.5) is 55.3 Å². The fourth-order valence-corrected chi connectivity index (χ4v) is 10.4. The summed E-state index contributed by atoms with van der Waals surface area (Å²) < 4.78 is 78.9. The highest BCUT2D eigenvalue weighted by atomic mass is 79.9. The van der Waals surface area contributed by atoms with Crippen molar-refractivity contribution in [2.24, 2.45) is 17.6 Å². The third kappa shape index (κ3) is 13.1. The molecule has 2 aliphatic heterocycles. The van der Waals surface area contributed by atoms with E-state index in [9.17, 15) is 69.5 Å². The molecule has 5 aromatic rings. The number of rotatable bonds is 7. The Morgan fingerprint density at radius 3 is 1.50 bits per heavy atom. The summed E-state index contributed by atoms with van der Waals surface area (Å²) in [6.45, 7) is 0. The van der Waals surface area contributed by atoms with Gasteiger partial charge in [-0.15, -0.1) is 0 Å². The Labute approximate surface area is 476 Å². The molecule has 0 bridgehead atoms. The first-order chi connectivity index (χ1) is 37.3. The number of H-pyrrole nitrogens is 1. The van der Waals surface area contributed by atoms with Gasteiger partial charge in [-0.2, -0.15) is 0 Å². The molecule has 0 atom stereocenters. The normalized spacial score (nSPS) is 19.0. The van der Waals surface area contributed by atoms with E-state index < -0.39 is 102 Å². The van der Waals surface area contributed by atoms with Crippen molar-refractivity contribution >= 4 is 131 Å². The summed E-state index contributed by atoms with van der Waals surface area (Å²) >= 11 is 23.6. The van der Waals surface area contributed by atoms with Crippen LogP contribution in [0.25, 0.3) is 0 Å². The zero-order chi connectivity index (χ0) is 58.6. The number of halogens is 11. The number of pyridine rings is 3. The van der Waals surface area contributed by atoms with Crippen molar-refractivity contribution in [2.45, 2.75) is 93.3 Å². The lowest BCUT2D eigenvalue weighted by molar-refractivity contribution is -0.158. The zero-order valence-corrected chi connectivity index (χ0v) is 45.9. The van der Waals surface area contributed by atoms with Crippen LogP contribution in [0.5, 0.6) is 0 Å². The predicted molar refractivity (Wildman–Crippen MR) is 280 cm³/mol. The molecule has 80 heavy (non-hydrogen) atoms. The number of nitrogens with two attached hydrogens (primary N) is 2. The van der Waals surface area contributed by atoms with Gasteiger partial charge in [0.15, 0.2) is 0 Å². The molecule has 12 rings (SSSR count). The Hall–Kier alpha value is -6.96. The van der Waals surface area contributed by atoms with Crippen molar-refractivity contribution in [3.8, 4) is 0 Å². The van der Waals surface area contributed by atoms with Gasteiger partial charge >= 0.3 is 0 Å². The molecule has 5 amide bonds. The van der Waals surface area contributed by atoms with Crippen molar-refractivity contribution in [1.82, 2.24) is 44.7 Å². The summed E-state index contributed by atoms with van der Waals surface area (Å²) in [4.78, 5) is 121. The molecule has 0 radical (unpaired) electrons. The topological polar surface area (TPSA) is 343 Å².